The highest BCUT2D eigenvalue weighted by Gasteiger charge is 2.18. The number of aromatic nitrogens is 4. The highest BCUT2D eigenvalue weighted by Crippen LogP contribution is 2.32. The molecule has 0 fully saturated rings. The molecule has 194 valence electrons. The van der Waals surface area contributed by atoms with E-state index in [0.29, 0.717) is 12.1 Å². The standard InChI is InChI=1S/C33H30N4O2/c1-4-9-30-35-31-21(2)24(32-34-27-12-7-8-13-28(27)36(32)3)18-19-29(31)37(30)20-22-14-16-23(17-15-22)25-10-5-6-11-26(25)33(38)39/h5-8,10-19H,4,9,20H2,1-3H3,(H,38,39). The maximum absolute atomic E-state index is 11.7. The maximum Gasteiger partial charge on any atom is 0.336 e. The quantitative estimate of drug-likeness (QED) is 0.243. The van der Waals surface area contributed by atoms with E-state index in [-0.39, 0.29) is 0 Å². The highest BCUT2D eigenvalue weighted by molar-refractivity contribution is 5.96. The van der Waals surface area contributed by atoms with Crippen LogP contribution in [0.5, 0.6) is 0 Å². The number of imidazole rings is 2. The first kappa shape index (κ1) is 24.6. The smallest absolute Gasteiger partial charge is 0.336 e. The Morgan fingerprint density at radius 3 is 2.33 bits per heavy atom. The average Bonchev–Trinajstić information content (AvgIpc) is 3.47. The summed E-state index contributed by atoms with van der Waals surface area (Å²) in [6.07, 6.45) is 1.89. The second-order valence-corrected chi connectivity index (χ2v) is 10.0. The molecule has 0 aliphatic heterocycles. The van der Waals surface area contributed by atoms with Gasteiger partial charge in [-0.2, -0.15) is 0 Å². The Morgan fingerprint density at radius 1 is 0.846 bits per heavy atom. The Kier molecular flexibility index (Phi) is 6.23. The third-order valence-corrected chi connectivity index (χ3v) is 7.52. The molecule has 0 saturated heterocycles. The lowest BCUT2D eigenvalue weighted by atomic mass is 9.98. The van der Waals surface area contributed by atoms with Crippen LogP contribution in [0.1, 0.15) is 40.7 Å². The van der Waals surface area contributed by atoms with Crippen LogP contribution in [-0.4, -0.2) is 30.2 Å². The number of aromatic carboxylic acids is 1. The summed E-state index contributed by atoms with van der Waals surface area (Å²) in [5.74, 6) is 1.09. The van der Waals surface area contributed by atoms with E-state index in [1.165, 1.54) is 0 Å². The molecule has 6 aromatic rings. The molecule has 0 bridgehead atoms. The molecule has 6 heteroatoms. The molecule has 0 saturated carbocycles. The second kappa shape index (κ2) is 9.87. The topological polar surface area (TPSA) is 72.9 Å². The van der Waals surface area contributed by atoms with Gasteiger partial charge in [-0.15, -0.1) is 0 Å². The largest absolute Gasteiger partial charge is 0.478 e. The monoisotopic (exact) mass is 514 g/mol. The van der Waals surface area contributed by atoms with Crippen molar-refractivity contribution in [1.29, 1.82) is 0 Å². The third kappa shape index (κ3) is 4.28. The Labute approximate surface area is 227 Å². The van der Waals surface area contributed by atoms with Crippen molar-refractivity contribution in [2.24, 2.45) is 7.05 Å². The highest BCUT2D eigenvalue weighted by atomic mass is 16.4. The van der Waals surface area contributed by atoms with E-state index < -0.39 is 5.97 Å². The van der Waals surface area contributed by atoms with E-state index in [2.05, 4.69) is 60.4 Å². The van der Waals surface area contributed by atoms with Gasteiger partial charge in [0.1, 0.15) is 11.6 Å². The van der Waals surface area contributed by atoms with Crippen molar-refractivity contribution < 1.29 is 9.90 Å². The molecule has 0 radical (unpaired) electrons. The first-order valence-corrected chi connectivity index (χ1v) is 13.3. The molecule has 2 aromatic heterocycles. The maximum atomic E-state index is 11.7. The number of hydrogen-bond donors (Lipinski definition) is 1. The lowest BCUT2D eigenvalue weighted by Crippen LogP contribution is -2.05. The molecule has 2 heterocycles. The zero-order chi connectivity index (χ0) is 27.1. The fourth-order valence-corrected chi connectivity index (χ4v) is 5.49. The molecule has 0 aliphatic carbocycles. The first-order chi connectivity index (χ1) is 19.0. The molecule has 6 nitrogen and oxygen atoms in total. The Bertz CT molecular complexity index is 1840. The number of aryl methyl sites for hydroxylation is 3. The fourth-order valence-electron chi connectivity index (χ4n) is 5.49. The predicted octanol–water partition coefficient (Wildman–Crippen LogP) is 7.26. The summed E-state index contributed by atoms with van der Waals surface area (Å²) in [6, 6.07) is 27.8. The van der Waals surface area contributed by atoms with Gasteiger partial charge < -0.3 is 14.2 Å². The van der Waals surface area contributed by atoms with E-state index in [1.54, 1.807) is 12.1 Å². The van der Waals surface area contributed by atoms with Gasteiger partial charge in [0.15, 0.2) is 0 Å². The summed E-state index contributed by atoms with van der Waals surface area (Å²) in [7, 11) is 2.06. The van der Waals surface area contributed by atoms with Crippen LogP contribution in [0.4, 0.5) is 0 Å². The SMILES string of the molecule is CCCc1nc2c(C)c(-c3nc4ccccc4n3C)ccc2n1Cc1ccc(-c2ccccc2C(=O)O)cc1. The molecule has 39 heavy (non-hydrogen) atoms. The van der Waals surface area contributed by atoms with Gasteiger partial charge in [0, 0.05) is 25.6 Å². The van der Waals surface area contributed by atoms with Gasteiger partial charge in [0.2, 0.25) is 0 Å². The predicted molar refractivity (Wildman–Crippen MR) is 156 cm³/mol. The van der Waals surface area contributed by atoms with Gasteiger partial charge in [0.25, 0.3) is 0 Å². The van der Waals surface area contributed by atoms with Crippen molar-refractivity contribution in [3.8, 4) is 22.5 Å². The summed E-state index contributed by atoms with van der Waals surface area (Å²) in [6.45, 7) is 5.01. The van der Waals surface area contributed by atoms with Gasteiger partial charge in [-0.25, -0.2) is 14.8 Å². The molecule has 0 atom stereocenters. The minimum atomic E-state index is -0.919. The van der Waals surface area contributed by atoms with Crippen LogP contribution < -0.4 is 0 Å². The first-order valence-electron chi connectivity index (χ1n) is 13.3. The van der Waals surface area contributed by atoms with Crippen molar-refractivity contribution in [3.63, 3.8) is 0 Å². The minimum Gasteiger partial charge on any atom is -0.478 e. The number of nitrogens with zero attached hydrogens (tertiary/aromatic N) is 4. The molecule has 0 aliphatic rings. The van der Waals surface area contributed by atoms with E-state index in [9.17, 15) is 9.90 Å². The van der Waals surface area contributed by atoms with E-state index in [1.807, 2.05) is 42.5 Å². The Morgan fingerprint density at radius 2 is 1.59 bits per heavy atom. The van der Waals surface area contributed by atoms with E-state index in [4.69, 9.17) is 9.97 Å². The van der Waals surface area contributed by atoms with Crippen LogP contribution in [0.15, 0.2) is 84.9 Å². The number of fused-ring (bicyclic) bond motifs is 2. The van der Waals surface area contributed by atoms with Gasteiger partial charge in [-0.1, -0.05) is 61.5 Å². The van der Waals surface area contributed by atoms with Crippen LogP contribution in [0.3, 0.4) is 0 Å². The number of carboxylic acid groups (broad SMARTS) is 1. The zero-order valence-electron chi connectivity index (χ0n) is 22.3. The summed E-state index contributed by atoms with van der Waals surface area (Å²) >= 11 is 0. The van der Waals surface area contributed by atoms with Crippen molar-refractivity contribution in [1.82, 2.24) is 19.1 Å². The van der Waals surface area contributed by atoms with Gasteiger partial charge >= 0.3 is 5.97 Å². The molecule has 6 rings (SSSR count). The number of carboxylic acids is 1. The van der Waals surface area contributed by atoms with Crippen LogP contribution in [0, 0.1) is 6.92 Å². The summed E-state index contributed by atoms with van der Waals surface area (Å²) in [5, 5.41) is 9.59. The summed E-state index contributed by atoms with van der Waals surface area (Å²) in [4.78, 5) is 21.7. The molecular formula is C33H30N4O2. The third-order valence-electron chi connectivity index (χ3n) is 7.52. The fraction of sp³-hybridized carbons (Fsp3) is 0.182. The average molecular weight is 515 g/mol. The van der Waals surface area contributed by atoms with Crippen LogP contribution in [-0.2, 0) is 20.0 Å². The van der Waals surface area contributed by atoms with Crippen LogP contribution >= 0.6 is 0 Å². The molecular weight excluding hydrogens is 484 g/mol. The summed E-state index contributed by atoms with van der Waals surface area (Å²) in [5.41, 5.74) is 9.50. The van der Waals surface area contributed by atoms with Crippen molar-refractivity contribution in [3.05, 3.63) is 107 Å². The van der Waals surface area contributed by atoms with Gasteiger partial charge in [0.05, 0.1) is 27.6 Å². The zero-order valence-corrected chi connectivity index (χ0v) is 22.3. The normalized spacial score (nSPS) is 11.5. The minimum absolute atomic E-state index is 0.308. The molecule has 0 amide bonds. The number of para-hydroxylation sites is 2. The van der Waals surface area contributed by atoms with E-state index in [0.717, 1.165) is 74.4 Å². The lowest BCUT2D eigenvalue weighted by molar-refractivity contribution is 0.0697. The van der Waals surface area contributed by atoms with Crippen LogP contribution in [0.25, 0.3) is 44.6 Å². The van der Waals surface area contributed by atoms with Crippen LogP contribution in [0.2, 0.25) is 0 Å². The van der Waals surface area contributed by atoms with Crippen molar-refractivity contribution >= 4 is 28.0 Å². The molecule has 4 aromatic carbocycles. The number of benzene rings is 4. The van der Waals surface area contributed by atoms with Gasteiger partial charge in [-0.05, 0) is 65.9 Å². The van der Waals surface area contributed by atoms with Crippen molar-refractivity contribution in [2.45, 2.75) is 33.2 Å². The number of rotatable bonds is 7. The van der Waals surface area contributed by atoms with E-state index >= 15 is 0 Å². The van der Waals surface area contributed by atoms with Gasteiger partial charge in [-0.3, -0.25) is 0 Å². The number of carbonyl (C=O) groups is 1. The Balaban J connectivity index is 1.39. The lowest BCUT2D eigenvalue weighted by Gasteiger charge is -2.12. The van der Waals surface area contributed by atoms with Crippen molar-refractivity contribution in [2.75, 3.05) is 0 Å². The summed E-state index contributed by atoms with van der Waals surface area (Å²) < 4.78 is 4.46. The Hall–Kier alpha value is -4.71. The molecule has 0 unspecified atom stereocenters. The second-order valence-electron chi connectivity index (χ2n) is 10.0. The molecule has 0 spiro atoms. The number of hydrogen-bond acceptors (Lipinski definition) is 3. The molecule has 1 N–H and O–H groups in total.